The van der Waals surface area contributed by atoms with Gasteiger partial charge in [-0.2, -0.15) is 0 Å². The SMILES string of the molecule is C=C(C)COc1ccc2c(C)c(CC(=O)NCc3ccc(NC(C)=O)cc3)c(=O)oc2c1. The molecule has 1 heterocycles. The average molecular weight is 434 g/mol. The summed E-state index contributed by atoms with van der Waals surface area (Å²) in [5, 5.41) is 6.25. The zero-order valence-electron chi connectivity index (χ0n) is 18.4. The number of carbonyl (C=O) groups excluding carboxylic acids is 2. The van der Waals surface area contributed by atoms with Gasteiger partial charge in [-0.05, 0) is 54.8 Å². The number of hydrogen-bond acceptors (Lipinski definition) is 5. The predicted octanol–water partition coefficient (Wildman–Crippen LogP) is 3.87. The van der Waals surface area contributed by atoms with E-state index in [-0.39, 0.29) is 18.2 Å². The van der Waals surface area contributed by atoms with Crippen LogP contribution >= 0.6 is 0 Å². The van der Waals surface area contributed by atoms with Crippen LogP contribution in [0.15, 0.2) is 63.8 Å². The van der Waals surface area contributed by atoms with Crippen LogP contribution < -0.4 is 21.0 Å². The molecule has 7 heteroatoms. The van der Waals surface area contributed by atoms with Gasteiger partial charge in [-0.15, -0.1) is 0 Å². The smallest absolute Gasteiger partial charge is 0.340 e. The van der Waals surface area contributed by atoms with E-state index in [1.54, 1.807) is 31.2 Å². The van der Waals surface area contributed by atoms with Gasteiger partial charge >= 0.3 is 5.63 Å². The molecule has 0 saturated carbocycles. The minimum Gasteiger partial charge on any atom is -0.489 e. The van der Waals surface area contributed by atoms with Crippen molar-refractivity contribution < 1.29 is 18.7 Å². The molecule has 32 heavy (non-hydrogen) atoms. The van der Waals surface area contributed by atoms with Crippen LogP contribution in [0.25, 0.3) is 11.0 Å². The van der Waals surface area contributed by atoms with Crippen molar-refractivity contribution >= 4 is 28.5 Å². The fourth-order valence-corrected chi connectivity index (χ4v) is 3.21. The van der Waals surface area contributed by atoms with Gasteiger partial charge in [0.05, 0.1) is 12.0 Å². The van der Waals surface area contributed by atoms with Gasteiger partial charge in [0.15, 0.2) is 0 Å². The highest BCUT2D eigenvalue weighted by molar-refractivity contribution is 5.88. The molecule has 0 bridgehead atoms. The van der Waals surface area contributed by atoms with Crippen molar-refractivity contribution in [2.45, 2.75) is 33.7 Å². The summed E-state index contributed by atoms with van der Waals surface area (Å²) in [5.74, 6) is 0.149. The van der Waals surface area contributed by atoms with Crippen LogP contribution in [0, 0.1) is 6.92 Å². The minimum atomic E-state index is -0.540. The van der Waals surface area contributed by atoms with Gasteiger partial charge in [0.25, 0.3) is 0 Å². The topological polar surface area (TPSA) is 97.6 Å². The Kier molecular flexibility index (Phi) is 7.10. The number of nitrogens with one attached hydrogen (secondary N) is 2. The second-order valence-corrected chi connectivity index (χ2v) is 7.73. The zero-order chi connectivity index (χ0) is 23.3. The van der Waals surface area contributed by atoms with E-state index in [4.69, 9.17) is 9.15 Å². The molecule has 2 aromatic carbocycles. The normalized spacial score (nSPS) is 10.6. The molecule has 0 unspecified atom stereocenters. The van der Waals surface area contributed by atoms with Crippen LogP contribution in [-0.2, 0) is 22.6 Å². The van der Waals surface area contributed by atoms with Crippen molar-refractivity contribution in [3.63, 3.8) is 0 Å². The third-order valence-electron chi connectivity index (χ3n) is 4.85. The molecule has 0 atom stereocenters. The molecule has 0 saturated heterocycles. The predicted molar refractivity (Wildman–Crippen MR) is 124 cm³/mol. The van der Waals surface area contributed by atoms with E-state index in [1.807, 2.05) is 25.1 Å². The Morgan fingerprint density at radius 3 is 2.47 bits per heavy atom. The van der Waals surface area contributed by atoms with Crippen LogP contribution in [0.2, 0.25) is 0 Å². The Morgan fingerprint density at radius 1 is 1.09 bits per heavy atom. The number of ether oxygens (including phenoxy) is 1. The van der Waals surface area contributed by atoms with Gasteiger partial charge in [-0.1, -0.05) is 18.7 Å². The number of hydrogen-bond donors (Lipinski definition) is 2. The van der Waals surface area contributed by atoms with Crippen molar-refractivity contribution in [2.75, 3.05) is 11.9 Å². The minimum absolute atomic E-state index is 0.0814. The molecule has 3 rings (SSSR count). The lowest BCUT2D eigenvalue weighted by Gasteiger charge is -2.11. The maximum Gasteiger partial charge on any atom is 0.340 e. The highest BCUT2D eigenvalue weighted by atomic mass is 16.5. The first-order valence-electron chi connectivity index (χ1n) is 10.2. The lowest BCUT2D eigenvalue weighted by molar-refractivity contribution is -0.120. The van der Waals surface area contributed by atoms with Crippen LogP contribution in [0.4, 0.5) is 5.69 Å². The van der Waals surface area contributed by atoms with Crippen LogP contribution in [-0.4, -0.2) is 18.4 Å². The maximum atomic E-state index is 12.5. The number of benzene rings is 2. The third kappa shape index (κ3) is 5.85. The summed E-state index contributed by atoms with van der Waals surface area (Å²) in [6.45, 7) is 9.59. The van der Waals surface area contributed by atoms with Crippen molar-refractivity contribution in [1.29, 1.82) is 0 Å². The van der Waals surface area contributed by atoms with Crippen molar-refractivity contribution in [3.8, 4) is 5.75 Å². The molecule has 3 aromatic rings. The Morgan fingerprint density at radius 2 is 1.81 bits per heavy atom. The molecule has 0 aliphatic carbocycles. The van der Waals surface area contributed by atoms with Gasteiger partial charge < -0.3 is 19.8 Å². The van der Waals surface area contributed by atoms with Gasteiger partial charge in [-0.3, -0.25) is 9.59 Å². The van der Waals surface area contributed by atoms with E-state index in [0.29, 0.717) is 41.3 Å². The second-order valence-electron chi connectivity index (χ2n) is 7.73. The van der Waals surface area contributed by atoms with E-state index in [9.17, 15) is 14.4 Å². The average Bonchev–Trinajstić information content (AvgIpc) is 2.74. The first-order valence-corrected chi connectivity index (χ1v) is 10.2. The lowest BCUT2D eigenvalue weighted by atomic mass is 10.0. The van der Waals surface area contributed by atoms with Crippen LogP contribution in [0.3, 0.4) is 0 Å². The molecule has 0 aliphatic heterocycles. The summed E-state index contributed by atoms with van der Waals surface area (Å²) >= 11 is 0. The molecule has 0 radical (unpaired) electrons. The molecule has 2 N–H and O–H groups in total. The van der Waals surface area contributed by atoms with Crippen LogP contribution in [0.1, 0.15) is 30.5 Å². The molecular formula is C25H26N2O5. The van der Waals surface area contributed by atoms with Gasteiger partial charge in [0, 0.05) is 30.6 Å². The number of aryl methyl sites for hydroxylation is 1. The summed E-state index contributed by atoms with van der Waals surface area (Å²) in [6.07, 6.45) is -0.0814. The summed E-state index contributed by atoms with van der Waals surface area (Å²) in [4.78, 5) is 36.1. The number of anilines is 1. The summed E-state index contributed by atoms with van der Waals surface area (Å²) in [6, 6.07) is 12.4. The van der Waals surface area contributed by atoms with Crippen molar-refractivity contribution in [2.24, 2.45) is 0 Å². The molecule has 0 spiro atoms. The Hall–Kier alpha value is -3.87. The summed E-state index contributed by atoms with van der Waals surface area (Å²) < 4.78 is 11.1. The summed E-state index contributed by atoms with van der Waals surface area (Å²) in [5.41, 5.74) is 3.34. The number of amides is 2. The molecule has 0 aliphatic rings. The molecule has 0 fully saturated rings. The number of rotatable bonds is 8. The molecule has 7 nitrogen and oxygen atoms in total. The molecular weight excluding hydrogens is 408 g/mol. The van der Waals surface area contributed by atoms with Gasteiger partial charge in [0.1, 0.15) is 17.9 Å². The van der Waals surface area contributed by atoms with Gasteiger partial charge in [-0.25, -0.2) is 4.79 Å². The van der Waals surface area contributed by atoms with E-state index in [2.05, 4.69) is 17.2 Å². The van der Waals surface area contributed by atoms with Crippen molar-refractivity contribution in [3.05, 3.63) is 81.7 Å². The van der Waals surface area contributed by atoms with E-state index < -0.39 is 5.63 Å². The molecule has 166 valence electrons. The molecule has 2 amide bonds. The zero-order valence-corrected chi connectivity index (χ0v) is 18.4. The van der Waals surface area contributed by atoms with E-state index >= 15 is 0 Å². The standard InChI is InChI=1S/C25H26N2O5/c1-15(2)14-31-20-9-10-21-16(3)22(25(30)32-23(21)11-20)12-24(29)26-13-18-5-7-19(8-6-18)27-17(4)28/h5-11H,1,12-14H2,2-4H3,(H,26,29)(H,27,28). The van der Waals surface area contributed by atoms with Crippen LogP contribution in [0.5, 0.6) is 5.75 Å². The first-order chi connectivity index (χ1) is 15.2. The highest BCUT2D eigenvalue weighted by Crippen LogP contribution is 2.24. The number of fused-ring (bicyclic) bond motifs is 1. The lowest BCUT2D eigenvalue weighted by Crippen LogP contribution is -2.27. The maximum absolute atomic E-state index is 12.5. The van der Waals surface area contributed by atoms with Crippen molar-refractivity contribution in [1.82, 2.24) is 5.32 Å². The van der Waals surface area contributed by atoms with E-state index in [0.717, 1.165) is 16.5 Å². The second kappa shape index (κ2) is 9.96. The fourth-order valence-electron chi connectivity index (χ4n) is 3.21. The third-order valence-corrected chi connectivity index (χ3v) is 4.85. The van der Waals surface area contributed by atoms with E-state index in [1.165, 1.54) is 6.92 Å². The number of carbonyl (C=O) groups is 2. The molecule has 1 aromatic heterocycles. The Bertz CT molecular complexity index is 1230. The quantitative estimate of drug-likeness (QED) is 0.414. The fraction of sp³-hybridized carbons (Fsp3) is 0.240. The monoisotopic (exact) mass is 434 g/mol. The first kappa shape index (κ1) is 22.8. The Balaban J connectivity index is 1.68. The Labute approximate surface area is 186 Å². The summed E-state index contributed by atoms with van der Waals surface area (Å²) in [7, 11) is 0. The van der Waals surface area contributed by atoms with Gasteiger partial charge in [0.2, 0.25) is 11.8 Å². The largest absolute Gasteiger partial charge is 0.489 e. The highest BCUT2D eigenvalue weighted by Gasteiger charge is 2.15.